The first-order valence-corrected chi connectivity index (χ1v) is 15.3. The molecule has 2 aliphatic heterocycles. The Labute approximate surface area is 267 Å². The van der Waals surface area contributed by atoms with E-state index in [4.69, 9.17) is 4.74 Å². The van der Waals surface area contributed by atoms with Gasteiger partial charge in [0.2, 0.25) is 11.8 Å². The van der Waals surface area contributed by atoms with Crippen molar-refractivity contribution in [2.75, 3.05) is 11.5 Å². The first-order chi connectivity index (χ1) is 22.3. The number of nitrogens with zero attached hydrogens (tertiary/aromatic N) is 1. The molecule has 6 rings (SSSR count). The van der Waals surface area contributed by atoms with Crippen molar-refractivity contribution in [1.82, 2.24) is 0 Å². The molecular formula is C36H31F6NO4. The third-order valence-corrected chi connectivity index (χ3v) is 9.35. The van der Waals surface area contributed by atoms with Gasteiger partial charge in [0.25, 0.3) is 0 Å². The lowest BCUT2D eigenvalue weighted by atomic mass is 9.69. The number of amides is 2. The van der Waals surface area contributed by atoms with E-state index in [-0.39, 0.29) is 24.8 Å². The van der Waals surface area contributed by atoms with Crippen LogP contribution in [0.5, 0.6) is 5.75 Å². The van der Waals surface area contributed by atoms with E-state index in [0.717, 1.165) is 22.3 Å². The van der Waals surface area contributed by atoms with Crippen LogP contribution in [0.15, 0.2) is 83.9 Å². The molecule has 2 amide bonds. The van der Waals surface area contributed by atoms with Crippen molar-refractivity contribution in [2.24, 2.45) is 17.8 Å². The molecule has 3 aliphatic rings. The second kappa shape index (κ2) is 12.3. The maximum Gasteiger partial charge on any atom is 0.416 e. The van der Waals surface area contributed by atoms with E-state index in [1.54, 1.807) is 18.2 Å². The molecule has 246 valence electrons. The number of phenols is 1. The molecule has 3 aromatic carbocycles. The molecule has 5 nitrogen and oxygen atoms in total. The first kappa shape index (κ1) is 32.6. The smallest absolute Gasteiger partial charge is 0.416 e. The summed E-state index contributed by atoms with van der Waals surface area (Å²) in [4.78, 5) is 28.0. The number of aromatic hydroxyl groups is 1. The summed E-state index contributed by atoms with van der Waals surface area (Å²) in [5, 5.41) is 10.4. The number of ether oxygens (including phenoxy) is 1. The van der Waals surface area contributed by atoms with Gasteiger partial charge in [0, 0.05) is 11.5 Å². The van der Waals surface area contributed by atoms with E-state index >= 15 is 0 Å². The number of fused-ring (bicyclic) bond motifs is 3. The van der Waals surface area contributed by atoms with Crippen molar-refractivity contribution in [2.45, 2.75) is 51.1 Å². The summed E-state index contributed by atoms with van der Waals surface area (Å²) in [7, 11) is 0. The first-order valence-electron chi connectivity index (χ1n) is 15.3. The predicted molar refractivity (Wildman–Crippen MR) is 163 cm³/mol. The molecule has 0 spiro atoms. The molecule has 1 N–H and O–H groups in total. The van der Waals surface area contributed by atoms with Crippen molar-refractivity contribution >= 4 is 29.2 Å². The molecule has 2 heterocycles. The topological polar surface area (TPSA) is 66.8 Å². The predicted octanol–water partition coefficient (Wildman–Crippen LogP) is 8.68. The normalized spacial score (nSPS) is 23.4. The van der Waals surface area contributed by atoms with Gasteiger partial charge >= 0.3 is 12.4 Å². The van der Waals surface area contributed by atoms with Gasteiger partial charge in [0.15, 0.2) is 0 Å². The van der Waals surface area contributed by atoms with Gasteiger partial charge in [-0.05, 0) is 72.7 Å². The standard InChI is InChI=1S/C36H31F6NO4/c1-2-20-15-27-32(34(46)43(33(27)45)26-17-24(35(37,38)39)16-25(18-26)36(40,41)42)28-19-47-30(31(20)28)13-12-22(21-8-4-3-5-9-21)14-23-10-6-7-11-29(23)44/h3-11,14,16-18,27-28,30,32,44H,2,12-13,15,19H2,1H3/b22-14-/t27-,28+,30-,32-/m1/s1. The summed E-state index contributed by atoms with van der Waals surface area (Å²) < 4.78 is 87.9. The highest BCUT2D eigenvalue weighted by molar-refractivity contribution is 6.22. The third kappa shape index (κ3) is 6.20. The van der Waals surface area contributed by atoms with Crippen LogP contribution in [0.1, 0.15) is 54.9 Å². The van der Waals surface area contributed by atoms with Crippen LogP contribution >= 0.6 is 0 Å². The summed E-state index contributed by atoms with van der Waals surface area (Å²) in [5.74, 6) is -3.92. The van der Waals surface area contributed by atoms with E-state index < -0.39 is 64.8 Å². The van der Waals surface area contributed by atoms with E-state index in [1.807, 2.05) is 49.4 Å². The van der Waals surface area contributed by atoms with Crippen molar-refractivity contribution < 1.29 is 45.8 Å². The van der Waals surface area contributed by atoms with Gasteiger partial charge in [-0.2, -0.15) is 26.3 Å². The number of hydrogen-bond donors (Lipinski definition) is 1. The SMILES string of the molecule is CCC1=C2[C@@H](CC/C(=C/c3ccccc3O)c3ccccc3)OC[C@@H]2[C@@H]2C(=O)N(c3cc(C(F)(F)F)cc(C(F)(F)F)c3)C(=O)[C@@H]2C1. The average Bonchev–Trinajstić information content (AvgIpc) is 3.56. The van der Waals surface area contributed by atoms with Crippen LogP contribution in [0.4, 0.5) is 32.0 Å². The summed E-state index contributed by atoms with van der Waals surface area (Å²) in [5.41, 5.74) is 0.388. The molecular weight excluding hydrogens is 624 g/mol. The van der Waals surface area contributed by atoms with Crippen molar-refractivity contribution in [3.05, 3.63) is 106 Å². The Hall–Kier alpha value is -4.38. The molecule has 4 atom stereocenters. The number of hydrogen-bond acceptors (Lipinski definition) is 4. The minimum Gasteiger partial charge on any atom is -0.507 e. The van der Waals surface area contributed by atoms with Gasteiger partial charge in [-0.25, -0.2) is 4.90 Å². The highest BCUT2D eigenvalue weighted by Crippen LogP contribution is 2.52. The highest BCUT2D eigenvalue weighted by Gasteiger charge is 2.57. The lowest BCUT2D eigenvalue weighted by molar-refractivity contribution is -0.143. The molecule has 0 bridgehead atoms. The number of allylic oxidation sites excluding steroid dienone is 2. The van der Waals surface area contributed by atoms with Crippen molar-refractivity contribution in [3.8, 4) is 5.75 Å². The van der Waals surface area contributed by atoms with E-state index in [0.29, 0.717) is 41.9 Å². The number of carbonyl (C=O) groups is 2. The minimum atomic E-state index is -5.13. The Bertz CT molecular complexity index is 1730. The van der Waals surface area contributed by atoms with E-state index in [2.05, 4.69) is 0 Å². The summed E-state index contributed by atoms with van der Waals surface area (Å²) >= 11 is 0. The van der Waals surface area contributed by atoms with Crippen LogP contribution in [0.3, 0.4) is 0 Å². The van der Waals surface area contributed by atoms with Gasteiger partial charge < -0.3 is 9.84 Å². The largest absolute Gasteiger partial charge is 0.507 e. The maximum atomic E-state index is 13.8. The molecule has 0 saturated carbocycles. The van der Waals surface area contributed by atoms with Crippen LogP contribution in [0.2, 0.25) is 0 Å². The number of imide groups is 1. The van der Waals surface area contributed by atoms with E-state index in [1.165, 1.54) is 0 Å². The van der Waals surface area contributed by atoms with E-state index in [9.17, 15) is 41.0 Å². The number of alkyl halides is 6. The highest BCUT2D eigenvalue weighted by atomic mass is 19.4. The molecule has 0 radical (unpaired) electrons. The Balaban J connectivity index is 1.30. The van der Waals surface area contributed by atoms with Crippen LogP contribution < -0.4 is 4.90 Å². The second-order valence-corrected chi connectivity index (χ2v) is 12.1. The summed E-state index contributed by atoms with van der Waals surface area (Å²) in [6.07, 6.45) is -7.01. The molecule has 2 fully saturated rings. The zero-order valence-corrected chi connectivity index (χ0v) is 25.2. The Kier molecular flexibility index (Phi) is 8.54. The molecule has 0 unspecified atom stereocenters. The fraction of sp³-hybridized carbons (Fsp3) is 0.333. The van der Waals surface area contributed by atoms with Gasteiger partial charge in [-0.3, -0.25) is 9.59 Å². The fourth-order valence-electron chi connectivity index (χ4n) is 7.17. The van der Waals surface area contributed by atoms with Crippen LogP contribution in [-0.4, -0.2) is 29.6 Å². The second-order valence-electron chi connectivity index (χ2n) is 12.1. The van der Waals surface area contributed by atoms with Gasteiger partial charge in [0.1, 0.15) is 5.75 Å². The van der Waals surface area contributed by atoms with Gasteiger partial charge in [-0.15, -0.1) is 0 Å². The van der Waals surface area contributed by atoms with Crippen molar-refractivity contribution in [1.29, 1.82) is 0 Å². The monoisotopic (exact) mass is 655 g/mol. The van der Waals surface area contributed by atoms with Crippen molar-refractivity contribution in [3.63, 3.8) is 0 Å². The molecule has 1 aliphatic carbocycles. The van der Waals surface area contributed by atoms with Crippen LogP contribution in [-0.2, 0) is 26.7 Å². The van der Waals surface area contributed by atoms with Crippen LogP contribution in [0.25, 0.3) is 11.6 Å². The quantitative estimate of drug-likeness (QED) is 0.120. The number of anilines is 1. The number of halogens is 6. The average molecular weight is 656 g/mol. The number of benzene rings is 3. The third-order valence-electron chi connectivity index (χ3n) is 9.35. The van der Waals surface area contributed by atoms with Gasteiger partial charge in [0.05, 0.1) is 41.4 Å². The summed E-state index contributed by atoms with van der Waals surface area (Å²) in [6.45, 7) is 2.00. The van der Waals surface area contributed by atoms with Crippen LogP contribution in [0, 0.1) is 17.8 Å². The lowest BCUT2D eigenvalue weighted by Crippen LogP contribution is -2.34. The molecule has 11 heteroatoms. The molecule has 47 heavy (non-hydrogen) atoms. The Morgan fingerprint density at radius 3 is 2.15 bits per heavy atom. The number of phenolic OH excluding ortho intramolecular Hbond substituents is 1. The minimum absolute atomic E-state index is 0.0247. The zero-order chi connectivity index (χ0) is 33.7. The lowest BCUT2D eigenvalue weighted by Gasteiger charge is -2.31. The summed E-state index contributed by atoms with van der Waals surface area (Å²) in [6, 6.07) is 17.4. The fourth-order valence-corrected chi connectivity index (χ4v) is 7.17. The number of carbonyl (C=O) groups excluding carboxylic acids is 2. The number of para-hydroxylation sites is 1. The molecule has 3 aromatic rings. The zero-order valence-electron chi connectivity index (χ0n) is 25.2. The Morgan fingerprint density at radius 1 is 0.894 bits per heavy atom. The molecule has 0 aromatic heterocycles. The molecule has 2 saturated heterocycles. The Morgan fingerprint density at radius 2 is 1.53 bits per heavy atom. The van der Waals surface area contributed by atoms with Gasteiger partial charge in [-0.1, -0.05) is 61.0 Å². The number of rotatable bonds is 7. The maximum absolute atomic E-state index is 13.8.